The third kappa shape index (κ3) is 5.33. The van der Waals surface area contributed by atoms with Gasteiger partial charge in [0, 0.05) is 74.4 Å². The average molecular weight is 535 g/mol. The van der Waals surface area contributed by atoms with Gasteiger partial charge in [-0.2, -0.15) is 4.98 Å². The Balaban J connectivity index is 1.48. The zero-order chi connectivity index (χ0) is 26.9. The van der Waals surface area contributed by atoms with Gasteiger partial charge in [0.15, 0.2) is 5.82 Å². The van der Waals surface area contributed by atoms with E-state index < -0.39 is 0 Å². The lowest BCUT2D eigenvalue weighted by Crippen LogP contribution is -2.59. The van der Waals surface area contributed by atoms with Crippen molar-refractivity contribution in [1.29, 1.82) is 0 Å². The van der Waals surface area contributed by atoms with Crippen LogP contribution in [0.3, 0.4) is 0 Å². The van der Waals surface area contributed by atoms with E-state index in [0.29, 0.717) is 29.6 Å². The highest BCUT2D eigenvalue weighted by atomic mass is 32.1. The number of thiazole rings is 1. The molecule has 38 heavy (non-hydrogen) atoms. The number of carbonyl (C=O) groups excluding carboxylic acids is 2. The second kappa shape index (κ2) is 10.6. The Labute approximate surface area is 226 Å². The molecule has 2 aliphatic heterocycles. The van der Waals surface area contributed by atoms with Crippen LogP contribution >= 0.6 is 11.3 Å². The van der Waals surface area contributed by atoms with E-state index in [2.05, 4.69) is 40.9 Å². The highest BCUT2D eigenvalue weighted by Crippen LogP contribution is 2.41. The first-order valence-electron chi connectivity index (χ1n) is 13.0. The van der Waals surface area contributed by atoms with Crippen LogP contribution in [0, 0.1) is 11.3 Å². The number of nitrogens with zero attached hydrogens (tertiary/aromatic N) is 6. The first-order chi connectivity index (χ1) is 18.3. The molecule has 2 N–H and O–H groups in total. The summed E-state index contributed by atoms with van der Waals surface area (Å²) >= 11 is 1.56. The highest BCUT2D eigenvalue weighted by molar-refractivity contribution is 7.13. The number of likely N-dealkylation sites (tertiary alicyclic amines) is 1. The summed E-state index contributed by atoms with van der Waals surface area (Å²) in [5, 5.41) is 9.09. The Morgan fingerprint density at radius 3 is 2.74 bits per heavy atom. The van der Waals surface area contributed by atoms with E-state index in [1.54, 1.807) is 30.8 Å². The number of hydrogen-bond acceptors (Lipinski definition) is 9. The summed E-state index contributed by atoms with van der Waals surface area (Å²) in [5.74, 6) is 1.61. The van der Waals surface area contributed by atoms with Gasteiger partial charge >= 0.3 is 0 Å². The molecule has 3 aromatic rings. The molecule has 11 heteroatoms. The fourth-order valence-corrected chi connectivity index (χ4v) is 6.05. The number of rotatable bonds is 9. The first kappa shape index (κ1) is 26.0. The van der Waals surface area contributed by atoms with Crippen LogP contribution in [0.15, 0.2) is 36.5 Å². The van der Waals surface area contributed by atoms with Gasteiger partial charge in [-0.3, -0.25) is 9.59 Å². The van der Waals surface area contributed by atoms with Crippen LogP contribution in [0.1, 0.15) is 33.1 Å². The molecular weight excluding hydrogens is 500 g/mol. The zero-order valence-electron chi connectivity index (χ0n) is 22.1. The second-order valence-electron chi connectivity index (χ2n) is 10.7. The van der Waals surface area contributed by atoms with E-state index in [4.69, 9.17) is 15.0 Å². The van der Waals surface area contributed by atoms with Crippen LogP contribution < -0.4 is 15.5 Å². The lowest BCUT2D eigenvalue weighted by Gasteiger charge is -2.47. The van der Waals surface area contributed by atoms with Crippen molar-refractivity contribution in [1.82, 2.24) is 30.2 Å². The molecule has 3 aromatic heterocycles. The smallest absolute Gasteiger partial charge is 0.245 e. The summed E-state index contributed by atoms with van der Waals surface area (Å²) in [6.45, 7) is 10.9. The average Bonchev–Trinajstić information content (AvgIpc) is 3.57. The molecule has 5 heterocycles. The molecule has 0 unspecified atom stereocenters. The Bertz CT molecular complexity index is 1340. The molecule has 2 aliphatic rings. The summed E-state index contributed by atoms with van der Waals surface area (Å²) < 4.78 is 0. The number of pyridine rings is 1. The van der Waals surface area contributed by atoms with E-state index in [1.165, 1.54) is 6.08 Å². The quantitative estimate of drug-likeness (QED) is 0.402. The van der Waals surface area contributed by atoms with E-state index in [0.717, 1.165) is 55.1 Å². The van der Waals surface area contributed by atoms with Crippen LogP contribution in [-0.2, 0) is 9.59 Å². The lowest BCUT2D eigenvalue weighted by molar-refractivity contribution is -0.136. The number of hydrogen-bond donors (Lipinski definition) is 2. The summed E-state index contributed by atoms with van der Waals surface area (Å²) in [5.41, 5.74) is 2.36. The van der Waals surface area contributed by atoms with Gasteiger partial charge in [0.25, 0.3) is 0 Å². The minimum Gasteiger partial charge on any atom is -0.365 e. The molecule has 0 radical (unpaired) electrons. The van der Waals surface area contributed by atoms with Gasteiger partial charge in [0.2, 0.25) is 17.8 Å². The standard InChI is InChI=1S/C27H34N8O2S/c1-5-22(37)35-15-27(16-35)6-8-34(14-27)26-32-20-11-18(25-29-7-9-38-25)13-30-23(20)24(33-26)31-19(10-17(2)3)12-21(36)28-4/h5,7,9,11,13,17,19H,1,6,8,10,12,14-16H2,2-4H3,(H,28,36)(H,31,32,33)/t19-/m0/s1. The molecule has 0 aromatic carbocycles. The molecule has 0 aliphatic carbocycles. The van der Waals surface area contributed by atoms with Crippen molar-refractivity contribution in [2.45, 2.75) is 39.2 Å². The molecule has 1 spiro atoms. The van der Waals surface area contributed by atoms with Crippen molar-refractivity contribution in [3.05, 3.63) is 36.5 Å². The van der Waals surface area contributed by atoms with E-state index in [1.807, 2.05) is 16.3 Å². The zero-order valence-corrected chi connectivity index (χ0v) is 22.9. The molecule has 0 saturated carbocycles. The summed E-state index contributed by atoms with van der Waals surface area (Å²) in [4.78, 5) is 47.4. The van der Waals surface area contributed by atoms with E-state index >= 15 is 0 Å². The SMILES string of the molecule is C=CC(=O)N1CC2(CCN(c3nc(N[C@H](CC(=O)NC)CC(C)C)c4ncc(-c5nccs5)cc4n3)C2)C1. The molecule has 200 valence electrons. The minimum absolute atomic E-state index is 0.0179. The van der Waals surface area contributed by atoms with Crippen molar-refractivity contribution in [3.8, 4) is 10.6 Å². The largest absolute Gasteiger partial charge is 0.365 e. The van der Waals surface area contributed by atoms with Gasteiger partial charge in [-0.1, -0.05) is 20.4 Å². The molecule has 5 rings (SSSR count). The number of carbonyl (C=O) groups is 2. The van der Waals surface area contributed by atoms with Crippen molar-refractivity contribution < 1.29 is 9.59 Å². The van der Waals surface area contributed by atoms with E-state index in [9.17, 15) is 9.59 Å². The monoisotopic (exact) mass is 534 g/mol. The van der Waals surface area contributed by atoms with Crippen molar-refractivity contribution >= 4 is 46.0 Å². The van der Waals surface area contributed by atoms with Gasteiger partial charge in [0.1, 0.15) is 10.5 Å². The topological polar surface area (TPSA) is 116 Å². The Morgan fingerprint density at radius 1 is 1.24 bits per heavy atom. The fourth-order valence-electron chi connectivity index (χ4n) is 5.43. The number of fused-ring (bicyclic) bond motifs is 1. The second-order valence-corrected chi connectivity index (χ2v) is 11.6. The summed E-state index contributed by atoms with van der Waals surface area (Å²) in [6, 6.07) is 1.91. The van der Waals surface area contributed by atoms with Crippen LogP contribution in [0.25, 0.3) is 21.6 Å². The Hall–Kier alpha value is -3.60. The summed E-state index contributed by atoms with van der Waals surface area (Å²) in [7, 11) is 1.65. The van der Waals surface area contributed by atoms with Gasteiger partial charge in [-0.05, 0) is 30.9 Å². The first-order valence-corrected chi connectivity index (χ1v) is 13.9. The predicted octanol–water partition coefficient (Wildman–Crippen LogP) is 3.34. The molecule has 2 fully saturated rings. The van der Waals surface area contributed by atoms with Crippen LogP contribution in [0.5, 0.6) is 0 Å². The molecule has 10 nitrogen and oxygen atoms in total. The maximum Gasteiger partial charge on any atom is 0.245 e. The van der Waals surface area contributed by atoms with Gasteiger partial charge < -0.3 is 20.4 Å². The van der Waals surface area contributed by atoms with Crippen molar-refractivity contribution in [3.63, 3.8) is 0 Å². The van der Waals surface area contributed by atoms with Crippen LogP contribution in [0.2, 0.25) is 0 Å². The molecule has 2 saturated heterocycles. The molecule has 1 atom stereocenters. The third-order valence-corrected chi connectivity index (χ3v) is 8.09. The predicted molar refractivity (Wildman–Crippen MR) is 150 cm³/mol. The number of anilines is 2. The van der Waals surface area contributed by atoms with Crippen LogP contribution in [0.4, 0.5) is 11.8 Å². The molecule has 2 amide bonds. The minimum atomic E-state index is -0.101. The van der Waals surface area contributed by atoms with Crippen molar-refractivity contribution in [2.75, 3.05) is 43.4 Å². The normalized spacial score (nSPS) is 17.1. The number of nitrogens with one attached hydrogen (secondary N) is 2. The van der Waals surface area contributed by atoms with Gasteiger partial charge in [-0.25, -0.2) is 15.0 Å². The molecular formula is C27H34N8O2S. The van der Waals surface area contributed by atoms with Crippen LogP contribution in [-0.4, -0.2) is 75.9 Å². The highest BCUT2D eigenvalue weighted by Gasteiger charge is 2.49. The fraction of sp³-hybridized carbons (Fsp3) is 0.481. The maximum atomic E-state index is 12.3. The van der Waals surface area contributed by atoms with Crippen molar-refractivity contribution in [2.24, 2.45) is 11.3 Å². The number of aromatic nitrogens is 4. The van der Waals surface area contributed by atoms with Gasteiger partial charge in [-0.15, -0.1) is 11.3 Å². The Morgan fingerprint density at radius 2 is 2.05 bits per heavy atom. The van der Waals surface area contributed by atoms with Gasteiger partial charge in [0.05, 0.1) is 5.52 Å². The maximum absolute atomic E-state index is 12.3. The van der Waals surface area contributed by atoms with E-state index in [-0.39, 0.29) is 23.3 Å². The number of amides is 2. The third-order valence-electron chi connectivity index (χ3n) is 7.27. The summed E-state index contributed by atoms with van der Waals surface area (Å²) in [6.07, 6.45) is 7.08. The lowest BCUT2D eigenvalue weighted by atomic mass is 9.79. The molecule has 0 bridgehead atoms. The Kier molecular flexibility index (Phi) is 7.29.